The van der Waals surface area contributed by atoms with Crippen LogP contribution in [0, 0.1) is 11.3 Å². The molecule has 0 radical (unpaired) electrons. The van der Waals surface area contributed by atoms with Gasteiger partial charge in [0.25, 0.3) is 0 Å². The molecule has 0 saturated heterocycles. The smallest absolute Gasteiger partial charge is 0.163 e. The maximum absolute atomic E-state index is 12.7. The molecule has 2 aliphatic carbocycles. The van der Waals surface area contributed by atoms with Gasteiger partial charge in [-0.05, 0) is 52.7 Å². The quantitative estimate of drug-likeness (QED) is 0.861. The van der Waals surface area contributed by atoms with Crippen LogP contribution in [0.1, 0.15) is 80.8 Å². The normalized spacial score (nSPS) is 33.5. The summed E-state index contributed by atoms with van der Waals surface area (Å²) in [6.45, 7) is 8.62. The molecule has 0 aromatic heterocycles. The van der Waals surface area contributed by atoms with Gasteiger partial charge < -0.3 is 10.2 Å². The zero-order valence-corrected chi connectivity index (χ0v) is 14.6. The van der Waals surface area contributed by atoms with Crippen LogP contribution < -0.4 is 0 Å². The maximum atomic E-state index is 12.7. The lowest BCUT2D eigenvalue weighted by molar-refractivity contribution is -0.0142. The van der Waals surface area contributed by atoms with Crippen molar-refractivity contribution in [1.82, 2.24) is 0 Å². The number of fused-ring (bicyclic) bond motifs is 3. The van der Waals surface area contributed by atoms with Crippen molar-refractivity contribution in [3.63, 3.8) is 0 Å². The second-order valence-corrected chi connectivity index (χ2v) is 8.37. The first-order valence-corrected chi connectivity index (χ1v) is 8.74. The third kappa shape index (κ3) is 2.32. The van der Waals surface area contributed by atoms with Crippen molar-refractivity contribution in [2.45, 2.75) is 64.7 Å². The maximum Gasteiger partial charge on any atom is 0.163 e. The minimum Gasteiger partial charge on any atom is -0.508 e. The summed E-state index contributed by atoms with van der Waals surface area (Å²) in [5.74, 6) is 0.718. The molecule has 3 rings (SSSR count). The molecule has 1 fully saturated rings. The van der Waals surface area contributed by atoms with Gasteiger partial charge in [-0.1, -0.05) is 40.2 Å². The molecule has 23 heavy (non-hydrogen) atoms. The van der Waals surface area contributed by atoms with Crippen LogP contribution in [-0.4, -0.2) is 22.6 Å². The van der Waals surface area contributed by atoms with Gasteiger partial charge in [0.1, 0.15) is 5.75 Å². The van der Waals surface area contributed by atoms with Gasteiger partial charge in [0, 0.05) is 18.6 Å². The summed E-state index contributed by atoms with van der Waals surface area (Å²) in [6.07, 6.45) is 3.55. The van der Waals surface area contributed by atoms with Gasteiger partial charge in [-0.2, -0.15) is 0 Å². The van der Waals surface area contributed by atoms with Crippen LogP contribution in [0.15, 0.2) is 12.1 Å². The summed E-state index contributed by atoms with van der Waals surface area (Å²) in [7, 11) is 0. The van der Waals surface area contributed by atoms with Gasteiger partial charge in [-0.15, -0.1) is 0 Å². The Hall–Kier alpha value is -1.35. The van der Waals surface area contributed by atoms with Gasteiger partial charge >= 0.3 is 0 Å². The molecule has 3 heteroatoms. The molecule has 1 aromatic rings. The average Bonchev–Trinajstić information content (AvgIpc) is 2.49. The predicted molar refractivity (Wildman–Crippen MR) is 91.0 cm³/mol. The lowest BCUT2D eigenvalue weighted by Gasteiger charge is -2.54. The van der Waals surface area contributed by atoms with Crippen molar-refractivity contribution >= 4 is 5.78 Å². The number of phenols is 1. The van der Waals surface area contributed by atoms with Crippen molar-refractivity contribution < 1.29 is 15.0 Å². The Bertz CT molecular complexity index is 649. The zero-order chi connectivity index (χ0) is 17.0. The van der Waals surface area contributed by atoms with E-state index in [1.165, 1.54) is 0 Å². The summed E-state index contributed by atoms with van der Waals surface area (Å²) in [4.78, 5) is 12.7. The molecule has 2 N–H and O–H groups in total. The molecule has 0 spiro atoms. The number of carbonyl (C=O) groups is 1. The lowest BCUT2D eigenvalue weighted by atomic mass is 9.49. The van der Waals surface area contributed by atoms with Gasteiger partial charge in [0.15, 0.2) is 5.78 Å². The van der Waals surface area contributed by atoms with Crippen LogP contribution in [0.5, 0.6) is 5.75 Å². The molecule has 1 saturated carbocycles. The van der Waals surface area contributed by atoms with Crippen molar-refractivity contribution in [1.29, 1.82) is 0 Å². The molecule has 126 valence electrons. The van der Waals surface area contributed by atoms with Gasteiger partial charge in [-0.3, -0.25) is 4.79 Å². The number of hydrogen-bond donors (Lipinski definition) is 2. The van der Waals surface area contributed by atoms with Crippen LogP contribution in [0.25, 0.3) is 0 Å². The number of aliphatic hydroxyl groups is 1. The van der Waals surface area contributed by atoms with E-state index in [1.807, 2.05) is 0 Å². The predicted octanol–water partition coefficient (Wildman–Crippen LogP) is 4.16. The minimum atomic E-state index is -0.198. The first kappa shape index (κ1) is 16.5. The number of hydrogen-bond acceptors (Lipinski definition) is 3. The highest BCUT2D eigenvalue weighted by atomic mass is 16.3. The zero-order valence-electron chi connectivity index (χ0n) is 14.6. The minimum absolute atomic E-state index is 0.101. The van der Waals surface area contributed by atoms with Crippen LogP contribution in [0.4, 0.5) is 0 Å². The van der Waals surface area contributed by atoms with Crippen LogP contribution in [0.3, 0.4) is 0 Å². The Morgan fingerprint density at radius 2 is 1.96 bits per heavy atom. The molecular weight excluding hydrogens is 288 g/mol. The summed E-state index contributed by atoms with van der Waals surface area (Å²) in [5, 5.41) is 20.3. The summed E-state index contributed by atoms with van der Waals surface area (Å²) >= 11 is 0. The second kappa shape index (κ2) is 5.34. The largest absolute Gasteiger partial charge is 0.508 e. The van der Waals surface area contributed by atoms with Crippen molar-refractivity contribution in [2.24, 2.45) is 11.3 Å². The van der Waals surface area contributed by atoms with Crippen molar-refractivity contribution in [2.75, 3.05) is 6.61 Å². The van der Waals surface area contributed by atoms with E-state index in [0.29, 0.717) is 12.0 Å². The summed E-state index contributed by atoms with van der Waals surface area (Å²) in [5.41, 5.74) is 2.38. The van der Waals surface area contributed by atoms with E-state index in [1.54, 1.807) is 6.07 Å². The number of benzene rings is 1. The van der Waals surface area contributed by atoms with Crippen LogP contribution in [-0.2, 0) is 5.41 Å². The number of phenolic OH excluding ortho intramolecular Hbond substituents is 1. The Labute approximate surface area is 138 Å². The lowest BCUT2D eigenvalue weighted by Crippen LogP contribution is -2.51. The van der Waals surface area contributed by atoms with Crippen molar-refractivity contribution in [3.8, 4) is 5.75 Å². The van der Waals surface area contributed by atoms with Crippen LogP contribution in [0.2, 0.25) is 0 Å². The standard InChI is InChI=1S/C20H28O3/c1-12(2)13-8-15-14(9-16(13)22)17(23)10-18-19(3,11-21)6-5-7-20(15,18)4/h8-9,12,18,21-22H,5-7,10-11H2,1-4H3/t18-,19+,20+/m0/s1. The van der Waals surface area contributed by atoms with E-state index in [-0.39, 0.29) is 40.8 Å². The number of ketones is 1. The fourth-order valence-electron chi connectivity index (χ4n) is 5.03. The van der Waals surface area contributed by atoms with E-state index in [2.05, 4.69) is 33.8 Å². The molecule has 0 unspecified atom stereocenters. The Morgan fingerprint density at radius 3 is 2.57 bits per heavy atom. The highest BCUT2D eigenvalue weighted by Gasteiger charge is 2.53. The van der Waals surface area contributed by atoms with E-state index < -0.39 is 0 Å². The number of carbonyl (C=O) groups excluding carboxylic acids is 1. The summed E-state index contributed by atoms with van der Waals surface area (Å²) < 4.78 is 0. The summed E-state index contributed by atoms with van der Waals surface area (Å²) in [6, 6.07) is 3.74. The van der Waals surface area contributed by atoms with E-state index in [9.17, 15) is 15.0 Å². The molecular formula is C20H28O3. The third-order valence-electron chi connectivity index (χ3n) is 6.51. The first-order valence-electron chi connectivity index (χ1n) is 8.74. The Balaban J connectivity index is 2.21. The fourth-order valence-corrected chi connectivity index (χ4v) is 5.03. The molecule has 3 atom stereocenters. The number of Topliss-reactive ketones (excluding diaryl/α,β-unsaturated/α-hetero) is 1. The second-order valence-electron chi connectivity index (χ2n) is 8.37. The third-order valence-corrected chi connectivity index (χ3v) is 6.51. The topological polar surface area (TPSA) is 57.5 Å². The molecule has 0 amide bonds. The van der Waals surface area contributed by atoms with Gasteiger partial charge in [-0.25, -0.2) is 0 Å². The monoisotopic (exact) mass is 316 g/mol. The molecule has 3 nitrogen and oxygen atoms in total. The van der Waals surface area contributed by atoms with Crippen LogP contribution >= 0.6 is 0 Å². The van der Waals surface area contributed by atoms with E-state index >= 15 is 0 Å². The number of aliphatic hydroxyl groups excluding tert-OH is 1. The fraction of sp³-hybridized carbons (Fsp3) is 0.650. The van der Waals surface area contributed by atoms with Gasteiger partial charge in [0.05, 0.1) is 0 Å². The Kier molecular flexibility index (Phi) is 3.83. The van der Waals surface area contributed by atoms with Gasteiger partial charge in [0.2, 0.25) is 0 Å². The number of rotatable bonds is 2. The highest BCUT2D eigenvalue weighted by molar-refractivity contribution is 6.00. The molecule has 0 aliphatic heterocycles. The SMILES string of the molecule is CC(C)c1cc2c(cc1O)C(=O)C[C@H]1[C@@](C)(CO)CCC[C@]21C. The Morgan fingerprint density at radius 1 is 1.26 bits per heavy atom. The number of aromatic hydroxyl groups is 1. The highest BCUT2D eigenvalue weighted by Crippen LogP contribution is 2.57. The molecule has 1 aromatic carbocycles. The first-order chi connectivity index (χ1) is 10.7. The van der Waals surface area contributed by atoms with Crippen molar-refractivity contribution in [3.05, 3.63) is 28.8 Å². The van der Waals surface area contributed by atoms with E-state index in [0.717, 1.165) is 30.4 Å². The van der Waals surface area contributed by atoms with E-state index in [4.69, 9.17) is 0 Å². The molecule has 0 bridgehead atoms. The molecule has 0 heterocycles. The molecule has 2 aliphatic rings. The average molecular weight is 316 g/mol.